The molecule has 2 rings (SSSR count). The smallest absolute Gasteiger partial charge is 0.191 e. The monoisotopic (exact) mass is 363 g/mol. The van der Waals surface area contributed by atoms with Crippen molar-refractivity contribution in [1.82, 2.24) is 20.4 Å². The predicted octanol–water partition coefficient (Wildman–Crippen LogP) is 2.66. The van der Waals surface area contributed by atoms with Crippen LogP contribution in [0.1, 0.15) is 22.5 Å². The minimum absolute atomic E-state index is 0.712. The topological polar surface area (TPSA) is 54.2 Å². The maximum atomic E-state index is 4.43. The molecule has 2 N–H and O–H groups in total. The Kier molecular flexibility index (Phi) is 5.60. The second-order valence-electron chi connectivity index (χ2n) is 5.18. The number of nitrogens with one attached hydrogen (secondary N) is 2. The van der Waals surface area contributed by atoms with Crippen LogP contribution in [-0.4, -0.2) is 22.8 Å². The van der Waals surface area contributed by atoms with Crippen molar-refractivity contribution in [2.45, 2.75) is 26.9 Å². The van der Waals surface area contributed by atoms with E-state index in [0.717, 1.165) is 22.7 Å². The largest absolute Gasteiger partial charge is 0.352 e. The molecule has 118 valence electrons. The molecule has 0 bridgehead atoms. The molecule has 0 spiro atoms. The lowest BCUT2D eigenvalue weighted by Crippen LogP contribution is -2.36. The van der Waals surface area contributed by atoms with Crippen LogP contribution in [0.4, 0.5) is 0 Å². The van der Waals surface area contributed by atoms with Gasteiger partial charge in [-0.3, -0.25) is 9.67 Å². The Bertz CT molecular complexity index is 675. The van der Waals surface area contributed by atoms with Gasteiger partial charge in [0.25, 0.3) is 0 Å². The van der Waals surface area contributed by atoms with Gasteiger partial charge in [-0.05, 0) is 31.5 Å². The van der Waals surface area contributed by atoms with E-state index in [4.69, 9.17) is 0 Å². The molecule has 0 atom stereocenters. The van der Waals surface area contributed by atoms with Gasteiger partial charge in [-0.25, -0.2) is 0 Å². The predicted molar refractivity (Wildman–Crippen MR) is 93.9 cm³/mol. The highest BCUT2D eigenvalue weighted by Gasteiger charge is 2.09. The lowest BCUT2D eigenvalue weighted by molar-refractivity contribution is 0.728. The third-order valence-corrected chi connectivity index (χ3v) is 4.16. The second-order valence-corrected chi connectivity index (χ2v) is 6.10. The Morgan fingerprint density at radius 2 is 2.00 bits per heavy atom. The highest BCUT2D eigenvalue weighted by Crippen LogP contribution is 2.12. The molecule has 0 aliphatic carbocycles. The van der Waals surface area contributed by atoms with Crippen LogP contribution in [0.5, 0.6) is 0 Å². The number of hydrogen-bond acceptors (Lipinski definition) is 2. The maximum Gasteiger partial charge on any atom is 0.191 e. The summed E-state index contributed by atoms with van der Waals surface area (Å²) < 4.78 is 2.99. The number of aromatic nitrogens is 2. The molecule has 1 aromatic heterocycles. The van der Waals surface area contributed by atoms with Gasteiger partial charge in [0.05, 0.1) is 5.69 Å². The molecule has 0 fully saturated rings. The summed E-state index contributed by atoms with van der Waals surface area (Å²) in [6, 6.07) is 8.22. The average Bonchev–Trinajstić information content (AvgIpc) is 2.73. The molecule has 0 aliphatic rings. The van der Waals surface area contributed by atoms with Crippen molar-refractivity contribution in [1.29, 1.82) is 0 Å². The van der Waals surface area contributed by atoms with Gasteiger partial charge in [-0.1, -0.05) is 28.1 Å². The Morgan fingerprint density at radius 3 is 2.59 bits per heavy atom. The number of nitrogens with zero attached hydrogens (tertiary/aromatic N) is 3. The Balaban J connectivity index is 1.93. The summed E-state index contributed by atoms with van der Waals surface area (Å²) in [7, 11) is 3.74. The number of rotatable bonds is 4. The Morgan fingerprint density at radius 1 is 1.27 bits per heavy atom. The van der Waals surface area contributed by atoms with Crippen LogP contribution in [0.15, 0.2) is 33.7 Å². The third-order valence-electron chi connectivity index (χ3n) is 3.66. The van der Waals surface area contributed by atoms with E-state index in [2.05, 4.69) is 55.7 Å². The fraction of sp³-hybridized carbons (Fsp3) is 0.375. The molecule has 1 heterocycles. The zero-order valence-corrected chi connectivity index (χ0v) is 15.0. The number of aryl methyl sites for hydroxylation is 2. The summed E-state index contributed by atoms with van der Waals surface area (Å²) >= 11 is 3.48. The van der Waals surface area contributed by atoms with Gasteiger partial charge >= 0.3 is 0 Å². The van der Waals surface area contributed by atoms with E-state index in [-0.39, 0.29) is 0 Å². The van der Waals surface area contributed by atoms with Gasteiger partial charge in [-0.2, -0.15) is 5.10 Å². The van der Waals surface area contributed by atoms with Gasteiger partial charge in [0, 0.05) is 42.9 Å². The maximum absolute atomic E-state index is 4.43. The van der Waals surface area contributed by atoms with Gasteiger partial charge in [0.2, 0.25) is 0 Å². The van der Waals surface area contributed by atoms with Crippen LogP contribution in [0, 0.1) is 13.8 Å². The first-order valence-corrected chi connectivity index (χ1v) is 7.98. The molecule has 0 saturated carbocycles. The SMILES string of the molecule is CN=C(NCc1cccc(Br)c1)NCc1c(C)nn(C)c1C. The van der Waals surface area contributed by atoms with Crippen molar-refractivity contribution < 1.29 is 0 Å². The standard InChI is InChI=1S/C16H22BrN5/c1-11-15(12(2)22(4)21-11)10-20-16(18-3)19-9-13-6-5-7-14(17)8-13/h5-8H,9-10H2,1-4H3,(H2,18,19,20). The zero-order valence-electron chi connectivity index (χ0n) is 13.4. The first-order valence-electron chi connectivity index (χ1n) is 7.19. The molecule has 0 unspecified atom stereocenters. The minimum Gasteiger partial charge on any atom is -0.352 e. The van der Waals surface area contributed by atoms with E-state index in [1.807, 2.05) is 30.8 Å². The summed E-state index contributed by atoms with van der Waals surface area (Å²) in [6.45, 7) is 5.55. The zero-order chi connectivity index (χ0) is 16.1. The summed E-state index contributed by atoms with van der Waals surface area (Å²) in [6.07, 6.45) is 0. The van der Waals surface area contributed by atoms with Crippen molar-refractivity contribution in [2.75, 3.05) is 7.05 Å². The van der Waals surface area contributed by atoms with Crippen molar-refractivity contribution in [3.05, 3.63) is 51.3 Å². The summed E-state index contributed by atoms with van der Waals surface area (Å²) in [5.41, 5.74) is 4.64. The molecular weight excluding hydrogens is 342 g/mol. The molecule has 0 saturated heterocycles. The van der Waals surface area contributed by atoms with Gasteiger partial charge < -0.3 is 10.6 Å². The van der Waals surface area contributed by atoms with E-state index in [1.54, 1.807) is 7.05 Å². The van der Waals surface area contributed by atoms with Crippen molar-refractivity contribution in [3.8, 4) is 0 Å². The molecule has 1 aromatic carbocycles. The van der Waals surface area contributed by atoms with Gasteiger partial charge in [-0.15, -0.1) is 0 Å². The first kappa shape index (κ1) is 16.5. The lowest BCUT2D eigenvalue weighted by Gasteiger charge is -2.12. The summed E-state index contributed by atoms with van der Waals surface area (Å²) in [5.74, 6) is 0.780. The minimum atomic E-state index is 0.712. The fourth-order valence-corrected chi connectivity index (χ4v) is 2.75. The number of halogens is 1. The molecule has 5 nitrogen and oxygen atoms in total. The number of guanidine groups is 1. The van der Waals surface area contributed by atoms with Gasteiger partial charge in [0.15, 0.2) is 5.96 Å². The average molecular weight is 364 g/mol. The molecule has 0 radical (unpaired) electrons. The van der Waals surface area contributed by atoms with Crippen LogP contribution in [0.3, 0.4) is 0 Å². The molecule has 2 aromatic rings. The summed E-state index contributed by atoms with van der Waals surface area (Å²) in [5, 5.41) is 11.1. The van der Waals surface area contributed by atoms with Crippen LogP contribution in [-0.2, 0) is 20.1 Å². The Labute approximate surface area is 140 Å². The number of hydrogen-bond donors (Lipinski definition) is 2. The van der Waals surface area contributed by atoms with E-state index in [0.29, 0.717) is 6.54 Å². The Hall–Kier alpha value is -1.82. The van der Waals surface area contributed by atoms with E-state index >= 15 is 0 Å². The summed E-state index contributed by atoms with van der Waals surface area (Å²) in [4.78, 5) is 4.26. The molecule has 0 amide bonds. The van der Waals surface area contributed by atoms with Crippen LogP contribution >= 0.6 is 15.9 Å². The fourth-order valence-electron chi connectivity index (χ4n) is 2.30. The number of benzene rings is 1. The van der Waals surface area contributed by atoms with Crippen LogP contribution < -0.4 is 10.6 Å². The second kappa shape index (κ2) is 7.45. The first-order chi connectivity index (χ1) is 10.5. The van der Waals surface area contributed by atoms with E-state index < -0.39 is 0 Å². The third kappa shape index (κ3) is 4.10. The van der Waals surface area contributed by atoms with Crippen LogP contribution in [0.2, 0.25) is 0 Å². The van der Waals surface area contributed by atoms with Crippen molar-refractivity contribution >= 4 is 21.9 Å². The normalized spacial score (nSPS) is 11.6. The molecule has 0 aliphatic heterocycles. The van der Waals surface area contributed by atoms with Crippen molar-refractivity contribution in [2.24, 2.45) is 12.0 Å². The lowest BCUT2D eigenvalue weighted by atomic mass is 10.2. The highest BCUT2D eigenvalue weighted by atomic mass is 79.9. The quantitative estimate of drug-likeness (QED) is 0.648. The molecule has 6 heteroatoms. The van der Waals surface area contributed by atoms with E-state index in [1.165, 1.54) is 16.8 Å². The highest BCUT2D eigenvalue weighted by molar-refractivity contribution is 9.10. The number of aliphatic imine (C=N–C) groups is 1. The van der Waals surface area contributed by atoms with Crippen molar-refractivity contribution in [3.63, 3.8) is 0 Å². The van der Waals surface area contributed by atoms with Crippen LogP contribution in [0.25, 0.3) is 0 Å². The van der Waals surface area contributed by atoms with Gasteiger partial charge in [0.1, 0.15) is 0 Å². The molecule has 22 heavy (non-hydrogen) atoms. The van der Waals surface area contributed by atoms with E-state index in [9.17, 15) is 0 Å². The molecular formula is C16H22BrN5.